The summed E-state index contributed by atoms with van der Waals surface area (Å²) < 4.78 is 0. The maximum absolute atomic E-state index is 4.82. The Balaban J connectivity index is 1.98. The molecule has 5 rings (SSSR count). The van der Waals surface area contributed by atoms with E-state index < -0.39 is 5.41 Å². The van der Waals surface area contributed by atoms with E-state index in [1.807, 2.05) is 0 Å². The Morgan fingerprint density at radius 1 is 0.560 bits per heavy atom. The van der Waals surface area contributed by atoms with E-state index in [9.17, 15) is 0 Å². The van der Waals surface area contributed by atoms with Gasteiger partial charge in [-0.25, -0.2) is 0 Å². The summed E-state index contributed by atoms with van der Waals surface area (Å²) in [7, 11) is 0. The molecular formula is C23H16N2. The summed E-state index contributed by atoms with van der Waals surface area (Å²) in [5.74, 6) is 0. The zero-order valence-electron chi connectivity index (χ0n) is 13.6. The Morgan fingerprint density at radius 2 is 1.12 bits per heavy atom. The fraction of sp³-hybridized carbons (Fsp3) is 0.0435. The molecule has 0 aliphatic heterocycles. The number of hydrogen-bond acceptors (Lipinski definition) is 2. The molecule has 2 nitrogen and oxygen atoms in total. The number of fused-ring (bicyclic) bond motifs is 3. The molecule has 0 saturated heterocycles. The van der Waals surface area contributed by atoms with Crippen molar-refractivity contribution in [2.45, 2.75) is 5.41 Å². The standard InChI is InChI=1S/C23H16N2/c1-3-9-17(10-4-1)23(18-11-5-2-6-12-18)20-14-8-7-13-19(20)21-22(23)25-16-15-24-21/h1-16H. The first-order valence-electron chi connectivity index (χ1n) is 8.45. The molecule has 2 heteroatoms. The summed E-state index contributed by atoms with van der Waals surface area (Å²) >= 11 is 0. The van der Waals surface area contributed by atoms with Crippen LogP contribution in [0.25, 0.3) is 11.3 Å². The Labute approximate surface area is 146 Å². The average Bonchev–Trinajstić information content (AvgIpc) is 3.01. The van der Waals surface area contributed by atoms with Crippen LogP contribution in [-0.2, 0) is 5.41 Å². The molecule has 25 heavy (non-hydrogen) atoms. The van der Waals surface area contributed by atoms with E-state index in [1.165, 1.54) is 22.3 Å². The van der Waals surface area contributed by atoms with Crippen molar-refractivity contribution >= 4 is 0 Å². The second kappa shape index (κ2) is 5.38. The normalized spacial score (nSPS) is 13.9. The summed E-state index contributed by atoms with van der Waals surface area (Å²) in [5, 5.41) is 0. The average molecular weight is 320 g/mol. The van der Waals surface area contributed by atoms with Gasteiger partial charge in [0.25, 0.3) is 0 Å². The predicted molar refractivity (Wildman–Crippen MR) is 99.3 cm³/mol. The highest BCUT2D eigenvalue weighted by Gasteiger charge is 2.47. The molecule has 1 aromatic heterocycles. The third kappa shape index (κ3) is 1.85. The van der Waals surface area contributed by atoms with Crippen LogP contribution >= 0.6 is 0 Å². The molecule has 0 amide bonds. The van der Waals surface area contributed by atoms with Crippen molar-refractivity contribution in [3.8, 4) is 11.3 Å². The first-order valence-corrected chi connectivity index (χ1v) is 8.45. The van der Waals surface area contributed by atoms with Crippen molar-refractivity contribution in [2.24, 2.45) is 0 Å². The SMILES string of the molecule is c1ccc(C2(c3ccccc3)c3ccccc3-c3nccnc32)cc1. The van der Waals surface area contributed by atoms with Crippen LogP contribution in [0, 0.1) is 0 Å². The summed E-state index contributed by atoms with van der Waals surface area (Å²) in [4.78, 5) is 9.50. The molecule has 1 heterocycles. The maximum Gasteiger partial charge on any atom is 0.0937 e. The first kappa shape index (κ1) is 14.1. The lowest BCUT2D eigenvalue weighted by Gasteiger charge is -2.32. The minimum atomic E-state index is -0.428. The van der Waals surface area contributed by atoms with Gasteiger partial charge in [-0.05, 0) is 16.7 Å². The molecule has 0 N–H and O–H groups in total. The molecular weight excluding hydrogens is 304 g/mol. The molecule has 0 atom stereocenters. The van der Waals surface area contributed by atoms with Crippen LogP contribution in [0.5, 0.6) is 0 Å². The van der Waals surface area contributed by atoms with Gasteiger partial charge in [-0.2, -0.15) is 0 Å². The Kier molecular flexibility index (Phi) is 3.04. The van der Waals surface area contributed by atoms with Crippen LogP contribution in [0.2, 0.25) is 0 Å². The van der Waals surface area contributed by atoms with Gasteiger partial charge in [0.15, 0.2) is 0 Å². The zero-order chi connectivity index (χ0) is 16.7. The molecule has 1 aliphatic rings. The topological polar surface area (TPSA) is 25.8 Å². The fourth-order valence-electron chi connectivity index (χ4n) is 4.08. The van der Waals surface area contributed by atoms with Gasteiger partial charge >= 0.3 is 0 Å². The van der Waals surface area contributed by atoms with Gasteiger partial charge < -0.3 is 0 Å². The Hall–Kier alpha value is -3.26. The van der Waals surface area contributed by atoms with E-state index in [0.717, 1.165) is 11.4 Å². The molecule has 4 aromatic rings. The Bertz CT molecular complexity index is 953. The van der Waals surface area contributed by atoms with Gasteiger partial charge in [0.1, 0.15) is 0 Å². The summed E-state index contributed by atoms with van der Waals surface area (Å²) in [6.45, 7) is 0. The van der Waals surface area contributed by atoms with Crippen LogP contribution in [0.4, 0.5) is 0 Å². The number of hydrogen-bond donors (Lipinski definition) is 0. The molecule has 1 aliphatic carbocycles. The third-order valence-corrected chi connectivity index (χ3v) is 5.05. The number of benzene rings is 3. The summed E-state index contributed by atoms with van der Waals surface area (Å²) in [5.41, 5.74) is 6.40. The monoisotopic (exact) mass is 320 g/mol. The lowest BCUT2D eigenvalue weighted by Crippen LogP contribution is -2.29. The van der Waals surface area contributed by atoms with Crippen LogP contribution < -0.4 is 0 Å². The zero-order valence-corrected chi connectivity index (χ0v) is 13.6. The van der Waals surface area contributed by atoms with E-state index in [1.54, 1.807) is 12.4 Å². The highest BCUT2D eigenvalue weighted by molar-refractivity contribution is 5.82. The lowest BCUT2D eigenvalue weighted by atomic mass is 9.69. The van der Waals surface area contributed by atoms with Gasteiger partial charge in [-0.3, -0.25) is 9.97 Å². The Morgan fingerprint density at radius 3 is 1.80 bits per heavy atom. The lowest BCUT2D eigenvalue weighted by molar-refractivity contribution is 0.735. The van der Waals surface area contributed by atoms with E-state index in [0.29, 0.717) is 0 Å². The van der Waals surface area contributed by atoms with Gasteiger partial charge in [0.05, 0.1) is 16.8 Å². The molecule has 0 spiro atoms. The van der Waals surface area contributed by atoms with Gasteiger partial charge in [-0.1, -0.05) is 84.9 Å². The smallest absolute Gasteiger partial charge is 0.0937 e. The van der Waals surface area contributed by atoms with Crippen LogP contribution in [0.1, 0.15) is 22.4 Å². The molecule has 0 bridgehead atoms. The minimum Gasteiger partial charge on any atom is -0.256 e. The van der Waals surface area contributed by atoms with Crippen molar-refractivity contribution in [2.75, 3.05) is 0 Å². The highest BCUT2D eigenvalue weighted by Crippen LogP contribution is 2.54. The van der Waals surface area contributed by atoms with Crippen molar-refractivity contribution in [3.05, 3.63) is 120 Å². The second-order valence-electron chi connectivity index (χ2n) is 6.28. The van der Waals surface area contributed by atoms with Crippen LogP contribution in [0.3, 0.4) is 0 Å². The van der Waals surface area contributed by atoms with E-state index >= 15 is 0 Å². The summed E-state index contributed by atoms with van der Waals surface area (Å²) in [6.07, 6.45) is 3.58. The van der Waals surface area contributed by atoms with E-state index in [-0.39, 0.29) is 0 Å². The maximum atomic E-state index is 4.82. The van der Waals surface area contributed by atoms with Crippen LogP contribution in [0.15, 0.2) is 97.3 Å². The predicted octanol–water partition coefficient (Wildman–Crippen LogP) is 4.84. The van der Waals surface area contributed by atoms with Gasteiger partial charge in [-0.15, -0.1) is 0 Å². The molecule has 0 fully saturated rings. The van der Waals surface area contributed by atoms with Crippen molar-refractivity contribution in [1.29, 1.82) is 0 Å². The first-order chi connectivity index (χ1) is 12.4. The molecule has 3 aromatic carbocycles. The van der Waals surface area contributed by atoms with Crippen molar-refractivity contribution < 1.29 is 0 Å². The fourth-order valence-corrected chi connectivity index (χ4v) is 4.08. The third-order valence-electron chi connectivity index (χ3n) is 5.05. The molecule has 0 radical (unpaired) electrons. The van der Waals surface area contributed by atoms with Crippen LogP contribution in [-0.4, -0.2) is 9.97 Å². The summed E-state index contributed by atoms with van der Waals surface area (Å²) in [6, 6.07) is 29.8. The minimum absolute atomic E-state index is 0.428. The van der Waals surface area contributed by atoms with E-state index in [2.05, 4.69) is 89.9 Å². The van der Waals surface area contributed by atoms with Gasteiger partial charge in [0, 0.05) is 18.0 Å². The largest absolute Gasteiger partial charge is 0.256 e. The molecule has 0 unspecified atom stereocenters. The van der Waals surface area contributed by atoms with Crippen molar-refractivity contribution in [3.63, 3.8) is 0 Å². The van der Waals surface area contributed by atoms with Gasteiger partial charge in [0.2, 0.25) is 0 Å². The highest BCUT2D eigenvalue weighted by atomic mass is 14.8. The number of rotatable bonds is 2. The number of nitrogens with zero attached hydrogens (tertiary/aromatic N) is 2. The van der Waals surface area contributed by atoms with Crippen molar-refractivity contribution in [1.82, 2.24) is 9.97 Å². The molecule has 0 saturated carbocycles. The quantitative estimate of drug-likeness (QED) is 0.465. The van der Waals surface area contributed by atoms with E-state index in [4.69, 9.17) is 4.98 Å². The number of aromatic nitrogens is 2. The molecule has 118 valence electrons. The second-order valence-corrected chi connectivity index (χ2v) is 6.28.